The van der Waals surface area contributed by atoms with Crippen LogP contribution in [0.15, 0.2) is 17.7 Å². The van der Waals surface area contributed by atoms with E-state index >= 15 is 0 Å². The molecule has 4 rings (SSSR count). The highest BCUT2D eigenvalue weighted by Crippen LogP contribution is 2.42. The number of amides is 1. The molecule has 1 N–H and O–H groups in total. The van der Waals surface area contributed by atoms with Crippen molar-refractivity contribution in [1.29, 1.82) is 0 Å². The Morgan fingerprint density at radius 3 is 2.38 bits per heavy atom. The minimum Gasteiger partial charge on any atom is -0.481 e. The molecule has 0 saturated carbocycles. The number of likely N-dealkylation sites (tertiary alicyclic amines) is 1. The standard InChI is InChI=1S/C25H24Cl2F3N3O4/c1-12-9-15(25(28,29)30)11-17-13(2)31-33(22(12)17)24(37)20-18(26)4-3-16(21(20)27)23(36)32-7-5-14(6-8-32)10-19(34)35/h3-4,11-12,14H,5-10H2,1-2H3,(H,34,35). The van der Waals surface area contributed by atoms with Gasteiger partial charge >= 0.3 is 12.1 Å². The number of aryl methyl sites for hydroxylation is 1. The Balaban J connectivity index is 1.66. The molecule has 1 unspecified atom stereocenters. The Morgan fingerprint density at radius 2 is 1.78 bits per heavy atom. The SMILES string of the molecule is Cc1nn(C(=O)c2c(Cl)ccc(C(=O)N3CCC(CC(=O)O)CC3)c2Cl)c2c1C=C(C(F)(F)F)CC2C. The lowest BCUT2D eigenvalue weighted by molar-refractivity contribution is -0.138. The van der Waals surface area contributed by atoms with E-state index in [9.17, 15) is 27.6 Å². The minimum atomic E-state index is -4.49. The summed E-state index contributed by atoms with van der Waals surface area (Å²) in [5.41, 5.74) is -0.0177. The zero-order chi connectivity index (χ0) is 27.2. The van der Waals surface area contributed by atoms with Gasteiger partial charge in [0.1, 0.15) is 0 Å². The zero-order valence-corrected chi connectivity index (χ0v) is 21.5. The molecule has 198 valence electrons. The van der Waals surface area contributed by atoms with Crippen molar-refractivity contribution in [1.82, 2.24) is 14.7 Å². The number of carboxylic acid groups (broad SMARTS) is 1. The molecule has 0 bridgehead atoms. The summed E-state index contributed by atoms with van der Waals surface area (Å²) in [6.45, 7) is 3.79. The zero-order valence-electron chi connectivity index (χ0n) is 20.0. The molecule has 1 aromatic heterocycles. The number of carbonyl (C=O) groups excluding carboxylic acids is 2. The van der Waals surface area contributed by atoms with Crippen molar-refractivity contribution in [3.8, 4) is 0 Å². The molecule has 37 heavy (non-hydrogen) atoms. The van der Waals surface area contributed by atoms with E-state index in [0.29, 0.717) is 31.6 Å². The van der Waals surface area contributed by atoms with E-state index in [2.05, 4.69) is 5.10 Å². The summed E-state index contributed by atoms with van der Waals surface area (Å²) < 4.78 is 41.1. The van der Waals surface area contributed by atoms with Gasteiger partial charge in [0.25, 0.3) is 11.8 Å². The molecule has 1 aliphatic carbocycles. The number of allylic oxidation sites excluding steroid dienone is 1. The second kappa shape index (κ2) is 10.1. The van der Waals surface area contributed by atoms with Crippen molar-refractivity contribution in [3.63, 3.8) is 0 Å². The largest absolute Gasteiger partial charge is 0.481 e. The number of carbonyl (C=O) groups is 3. The first-order valence-corrected chi connectivity index (χ1v) is 12.5. The van der Waals surface area contributed by atoms with Crippen LogP contribution < -0.4 is 0 Å². The number of aliphatic carboxylic acids is 1. The molecule has 1 atom stereocenters. The van der Waals surface area contributed by atoms with E-state index in [-0.39, 0.29) is 51.2 Å². The number of benzene rings is 1. The van der Waals surface area contributed by atoms with Crippen molar-refractivity contribution in [2.75, 3.05) is 13.1 Å². The summed E-state index contributed by atoms with van der Waals surface area (Å²) in [5.74, 6) is -2.73. The van der Waals surface area contributed by atoms with Gasteiger partial charge in [-0.25, -0.2) is 0 Å². The summed E-state index contributed by atoms with van der Waals surface area (Å²) in [6.07, 6.45) is -2.70. The quantitative estimate of drug-likeness (QED) is 0.500. The van der Waals surface area contributed by atoms with E-state index in [0.717, 1.165) is 10.8 Å². The molecule has 12 heteroatoms. The Morgan fingerprint density at radius 1 is 1.14 bits per heavy atom. The Hall–Kier alpha value is -2.85. The Labute approximate surface area is 220 Å². The summed E-state index contributed by atoms with van der Waals surface area (Å²) in [4.78, 5) is 39.3. The molecule has 1 aliphatic heterocycles. The number of nitrogens with zero attached hydrogens (tertiary/aromatic N) is 3. The maximum atomic E-state index is 13.6. The third-order valence-electron chi connectivity index (χ3n) is 6.91. The van der Waals surface area contributed by atoms with Crippen LogP contribution in [-0.4, -0.2) is 56.8 Å². The van der Waals surface area contributed by atoms with Gasteiger partial charge in [-0.05, 0) is 50.3 Å². The first kappa shape index (κ1) is 27.2. The van der Waals surface area contributed by atoms with Crippen molar-refractivity contribution in [3.05, 3.63) is 55.8 Å². The normalized spacial score (nSPS) is 18.4. The van der Waals surface area contributed by atoms with Gasteiger partial charge in [0.2, 0.25) is 0 Å². The third kappa shape index (κ3) is 5.27. The second-order valence-electron chi connectivity index (χ2n) is 9.49. The number of alkyl halides is 3. The van der Waals surface area contributed by atoms with Crippen LogP contribution >= 0.6 is 23.2 Å². The number of rotatable bonds is 4. The van der Waals surface area contributed by atoms with E-state index in [1.807, 2.05) is 0 Å². The summed E-state index contributed by atoms with van der Waals surface area (Å²) in [7, 11) is 0. The van der Waals surface area contributed by atoms with Crippen LogP contribution in [-0.2, 0) is 4.79 Å². The predicted molar refractivity (Wildman–Crippen MR) is 131 cm³/mol. The van der Waals surface area contributed by atoms with Crippen molar-refractivity contribution >= 4 is 47.1 Å². The second-order valence-corrected chi connectivity index (χ2v) is 10.3. The van der Waals surface area contributed by atoms with Crippen LogP contribution in [0.1, 0.15) is 76.2 Å². The fraction of sp³-hybridized carbons (Fsp3) is 0.440. The lowest BCUT2D eigenvalue weighted by atomic mass is 9.87. The average Bonchev–Trinajstić information content (AvgIpc) is 3.15. The molecule has 1 amide bonds. The first-order valence-electron chi connectivity index (χ1n) is 11.7. The Bertz CT molecular complexity index is 1310. The molecule has 2 heterocycles. The number of carboxylic acids is 1. The molecule has 2 aliphatic rings. The first-order chi connectivity index (χ1) is 17.3. The van der Waals surface area contributed by atoms with E-state index in [1.54, 1.807) is 11.8 Å². The molecule has 7 nitrogen and oxygen atoms in total. The smallest absolute Gasteiger partial charge is 0.412 e. The fourth-order valence-electron chi connectivity index (χ4n) is 5.00. The molecule has 0 spiro atoms. The monoisotopic (exact) mass is 557 g/mol. The molecule has 1 fully saturated rings. The molecular formula is C25H24Cl2F3N3O4. The van der Waals surface area contributed by atoms with Gasteiger partial charge in [0.15, 0.2) is 0 Å². The van der Waals surface area contributed by atoms with Gasteiger partial charge in [-0.15, -0.1) is 0 Å². The predicted octanol–water partition coefficient (Wildman–Crippen LogP) is 5.97. The van der Waals surface area contributed by atoms with Gasteiger partial charge in [-0.1, -0.05) is 30.1 Å². The van der Waals surface area contributed by atoms with E-state index in [4.69, 9.17) is 28.3 Å². The number of hydrogen-bond donors (Lipinski definition) is 1. The van der Waals surface area contributed by atoms with E-state index < -0.39 is 35.5 Å². The minimum absolute atomic E-state index is 0.0244. The summed E-state index contributed by atoms with van der Waals surface area (Å²) >= 11 is 12.9. The highest BCUT2D eigenvalue weighted by atomic mass is 35.5. The van der Waals surface area contributed by atoms with Gasteiger partial charge in [0, 0.05) is 36.6 Å². The van der Waals surface area contributed by atoms with Gasteiger partial charge < -0.3 is 10.0 Å². The van der Waals surface area contributed by atoms with Crippen LogP contribution in [0.4, 0.5) is 13.2 Å². The molecule has 0 radical (unpaired) electrons. The number of hydrogen-bond acceptors (Lipinski definition) is 4. The summed E-state index contributed by atoms with van der Waals surface area (Å²) in [6, 6.07) is 2.79. The number of halogens is 5. The highest BCUT2D eigenvalue weighted by Gasteiger charge is 2.39. The lowest BCUT2D eigenvalue weighted by Gasteiger charge is -2.31. The summed E-state index contributed by atoms with van der Waals surface area (Å²) in [5, 5.41) is 13.0. The third-order valence-corrected chi connectivity index (χ3v) is 7.62. The van der Waals surface area contributed by atoms with Crippen LogP contribution in [0.25, 0.3) is 6.08 Å². The van der Waals surface area contributed by atoms with Gasteiger partial charge in [0.05, 0.1) is 32.6 Å². The van der Waals surface area contributed by atoms with Crippen LogP contribution in [0.2, 0.25) is 10.0 Å². The maximum Gasteiger partial charge on any atom is 0.412 e. The Kier molecular flexibility index (Phi) is 7.45. The van der Waals surface area contributed by atoms with Crippen molar-refractivity contribution in [2.24, 2.45) is 5.92 Å². The maximum absolute atomic E-state index is 13.6. The van der Waals surface area contributed by atoms with Gasteiger partial charge in [-0.3, -0.25) is 14.4 Å². The number of aromatic nitrogens is 2. The highest BCUT2D eigenvalue weighted by molar-refractivity contribution is 6.41. The van der Waals surface area contributed by atoms with Crippen LogP contribution in [0.5, 0.6) is 0 Å². The molecule has 1 saturated heterocycles. The lowest BCUT2D eigenvalue weighted by Crippen LogP contribution is -2.39. The molecule has 1 aromatic carbocycles. The number of piperidine rings is 1. The van der Waals surface area contributed by atoms with Gasteiger partial charge in [-0.2, -0.15) is 23.0 Å². The van der Waals surface area contributed by atoms with Crippen LogP contribution in [0, 0.1) is 12.8 Å². The van der Waals surface area contributed by atoms with Crippen molar-refractivity contribution < 1.29 is 32.7 Å². The van der Waals surface area contributed by atoms with E-state index in [1.165, 1.54) is 19.1 Å². The topological polar surface area (TPSA) is 92.5 Å². The molecular weight excluding hydrogens is 534 g/mol. The van der Waals surface area contributed by atoms with Crippen molar-refractivity contribution in [2.45, 2.75) is 51.6 Å². The number of fused-ring (bicyclic) bond motifs is 1. The fourth-order valence-corrected chi connectivity index (χ4v) is 5.61. The molecule has 2 aromatic rings. The average molecular weight is 558 g/mol. The van der Waals surface area contributed by atoms with Crippen LogP contribution in [0.3, 0.4) is 0 Å².